The topological polar surface area (TPSA) is 98.5 Å². The van der Waals surface area contributed by atoms with Crippen LogP contribution in [0.1, 0.15) is 12.5 Å². The number of thioether (sulfide) groups is 1. The number of rotatable bonds is 3. The van der Waals surface area contributed by atoms with Crippen LogP contribution in [-0.2, 0) is 14.8 Å². The molecule has 1 N–H and O–H groups in total. The number of halogens is 1. The van der Waals surface area contributed by atoms with Crippen molar-refractivity contribution in [1.82, 2.24) is 4.31 Å². The number of carboxylic acid groups (broad SMARTS) is 1. The number of carboxylic acids is 1. The summed E-state index contributed by atoms with van der Waals surface area (Å²) < 4.78 is 39.3. The average molecular weight is 330 g/mol. The monoisotopic (exact) mass is 330 g/mol. The Morgan fingerprint density at radius 1 is 1.57 bits per heavy atom. The molecule has 1 aromatic rings. The van der Waals surface area contributed by atoms with E-state index in [9.17, 15) is 17.6 Å². The Kier molecular flexibility index (Phi) is 4.22. The number of carbonyl (C=O) groups is 1. The van der Waals surface area contributed by atoms with Gasteiger partial charge in [0.1, 0.15) is 17.9 Å². The van der Waals surface area contributed by atoms with E-state index in [0.717, 1.165) is 22.5 Å². The fourth-order valence-electron chi connectivity index (χ4n) is 2.05. The zero-order valence-electron chi connectivity index (χ0n) is 10.9. The number of nitrogens with zero attached hydrogens (tertiary/aromatic N) is 2. The summed E-state index contributed by atoms with van der Waals surface area (Å²) in [4.78, 5) is 10.9. The molecule has 1 heterocycles. The predicted molar refractivity (Wildman–Crippen MR) is 73.5 cm³/mol. The van der Waals surface area contributed by atoms with Crippen LogP contribution < -0.4 is 0 Å². The third-order valence-corrected chi connectivity index (χ3v) is 6.41. The largest absolute Gasteiger partial charge is 0.480 e. The van der Waals surface area contributed by atoms with Crippen LogP contribution in [0.4, 0.5) is 4.39 Å². The van der Waals surface area contributed by atoms with E-state index >= 15 is 0 Å². The van der Waals surface area contributed by atoms with Crippen LogP contribution in [-0.4, -0.2) is 41.0 Å². The number of benzene rings is 1. The van der Waals surface area contributed by atoms with Crippen LogP contribution in [0, 0.1) is 17.1 Å². The molecule has 21 heavy (non-hydrogen) atoms. The molecule has 112 valence electrons. The fraction of sp³-hybridized carbons (Fsp3) is 0.333. The molecule has 1 aromatic carbocycles. The third-order valence-electron chi connectivity index (χ3n) is 3.08. The van der Waals surface area contributed by atoms with Crippen molar-refractivity contribution < 1.29 is 22.7 Å². The van der Waals surface area contributed by atoms with Crippen molar-refractivity contribution >= 4 is 27.8 Å². The normalized spacial score (nSPS) is 22.9. The van der Waals surface area contributed by atoms with Gasteiger partial charge in [-0.25, -0.2) is 12.8 Å². The van der Waals surface area contributed by atoms with E-state index in [4.69, 9.17) is 10.4 Å². The van der Waals surface area contributed by atoms with Gasteiger partial charge in [-0.1, -0.05) is 0 Å². The van der Waals surface area contributed by atoms with Crippen LogP contribution in [0.25, 0.3) is 0 Å². The van der Waals surface area contributed by atoms with E-state index in [1.165, 1.54) is 11.8 Å². The first-order valence-corrected chi connectivity index (χ1v) is 8.35. The second-order valence-electron chi connectivity index (χ2n) is 4.38. The smallest absolute Gasteiger partial charge is 0.322 e. The Hall–Kier alpha value is -1.63. The molecule has 6 nitrogen and oxygen atoms in total. The quantitative estimate of drug-likeness (QED) is 0.895. The molecule has 1 aliphatic heterocycles. The molecule has 1 fully saturated rings. The number of hydrogen-bond donors (Lipinski definition) is 1. The Bertz CT molecular complexity index is 729. The summed E-state index contributed by atoms with van der Waals surface area (Å²) >= 11 is 1.20. The van der Waals surface area contributed by atoms with E-state index in [-0.39, 0.29) is 10.6 Å². The van der Waals surface area contributed by atoms with Crippen molar-refractivity contribution in [1.29, 1.82) is 5.26 Å². The van der Waals surface area contributed by atoms with Gasteiger partial charge < -0.3 is 5.11 Å². The van der Waals surface area contributed by atoms with Crippen molar-refractivity contribution in [3.05, 3.63) is 29.6 Å². The van der Waals surface area contributed by atoms with Crippen molar-refractivity contribution in [3.63, 3.8) is 0 Å². The van der Waals surface area contributed by atoms with Crippen molar-refractivity contribution in [3.8, 4) is 6.07 Å². The molecule has 2 atom stereocenters. The average Bonchev–Trinajstić information content (AvgIpc) is 2.81. The maximum Gasteiger partial charge on any atom is 0.322 e. The van der Waals surface area contributed by atoms with E-state index in [1.54, 1.807) is 13.0 Å². The van der Waals surface area contributed by atoms with E-state index in [2.05, 4.69) is 0 Å². The van der Waals surface area contributed by atoms with Crippen LogP contribution in [0.5, 0.6) is 0 Å². The first kappa shape index (κ1) is 15.8. The summed E-state index contributed by atoms with van der Waals surface area (Å²) in [5, 5.41) is 17.3. The lowest BCUT2D eigenvalue weighted by Gasteiger charge is -2.24. The maximum absolute atomic E-state index is 13.3. The second-order valence-corrected chi connectivity index (χ2v) is 7.57. The maximum atomic E-state index is 13.3. The van der Waals surface area contributed by atoms with Gasteiger partial charge in [-0.3, -0.25) is 4.79 Å². The van der Waals surface area contributed by atoms with Crippen LogP contribution in [0.3, 0.4) is 0 Å². The lowest BCUT2D eigenvalue weighted by Crippen LogP contribution is -2.44. The van der Waals surface area contributed by atoms with Crippen LogP contribution in [0.2, 0.25) is 0 Å². The molecular formula is C12H11FN2O4S2. The van der Waals surface area contributed by atoms with Crippen LogP contribution in [0.15, 0.2) is 23.1 Å². The van der Waals surface area contributed by atoms with Gasteiger partial charge in [0.15, 0.2) is 0 Å². The molecule has 0 radical (unpaired) electrons. The summed E-state index contributed by atoms with van der Waals surface area (Å²) in [7, 11) is -4.12. The number of sulfonamides is 1. The van der Waals surface area contributed by atoms with Gasteiger partial charge in [0.25, 0.3) is 0 Å². The van der Waals surface area contributed by atoms with Gasteiger partial charge in [-0.05, 0) is 25.1 Å². The predicted octanol–water partition coefficient (Wildman–Crippen LogP) is 1.23. The highest BCUT2D eigenvalue weighted by Gasteiger charge is 2.44. The van der Waals surface area contributed by atoms with Crippen LogP contribution >= 0.6 is 11.8 Å². The lowest BCUT2D eigenvalue weighted by molar-refractivity contribution is -0.140. The SMILES string of the molecule is CC1SCC(C(=O)O)N1S(=O)(=O)c1ccc(F)c(C#N)c1. The minimum Gasteiger partial charge on any atom is -0.480 e. The minimum atomic E-state index is -4.12. The van der Waals surface area contributed by atoms with Gasteiger partial charge in [0.2, 0.25) is 10.0 Å². The summed E-state index contributed by atoms with van der Waals surface area (Å²) in [6.45, 7) is 1.58. The van der Waals surface area contributed by atoms with E-state index < -0.39 is 38.8 Å². The van der Waals surface area contributed by atoms with E-state index in [0.29, 0.717) is 0 Å². The Labute approximate surface area is 125 Å². The standard InChI is InChI=1S/C12H11FN2O4S2/c1-7-15(11(6-20-7)12(16)17)21(18,19)9-2-3-10(13)8(4-9)5-14/h2-4,7,11H,6H2,1H3,(H,16,17). The fourth-order valence-corrected chi connectivity index (χ4v) is 5.36. The van der Waals surface area contributed by atoms with Crippen molar-refractivity contribution in [2.45, 2.75) is 23.2 Å². The first-order valence-electron chi connectivity index (χ1n) is 5.86. The van der Waals surface area contributed by atoms with Crippen molar-refractivity contribution in [2.75, 3.05) is 5.75 Å². The summed E-state index contributed by atoms with van der Waals surface area (Å²) in [6.07, 6.45) is 0. The van der Waals surface area contributed by atoms with Gasteiger partial charge in [0.05, 0.1) is 15.8 Å². The Balaban J connectivity index is 2.51. The Morgan fingerprint density at radius 2 is 2.24 bits per heavy atom. The minimum absolute atomic E-state index is 0.141. The highest BCUT2D eigenvalue weighted by Crippen LogP contribution is 2.34. The second kappa shape index (κ2) is 5.63. The summed E-state index contributed by atoms with van der Waals surface area (Å²) in [6, 6.07) is 3.22. The van der Waals surface area contributed by atoms with Gasteiger partial charge in [-0.2, -0.15) is 9.57 Å². The van der Waals surface area contributed by atoms with Gasteiger partial charge >= 0.3 is 5.97 Å². The number of nitriles is 1. The molecule has 1 aliphatic rings. The molecule has 0 aliphatic carbocycles. The molecule has 0 amide bonds. The Morgan fingerprint density at radius 3 is 2.81 bits per heavy atom. The molecule has 0 spiro atoms. The third kappa shape index (κ3) is 2.74. The molecule has 0 bridgehead atoms. The molecule has 1 saturated heterocycles. The number of hydrogen-bond acceptors (Lipinski definition) is 5. The lowest BCUT2D eigenvalue weighted by atomic mass is 10.2. The zero-order valence-corrected chi connectivity index (χ0v) is 12.5. The molecule has 2 unspecified atom stereocenters. The summed E-state index contributed by atoms with van der Waals surface area (Å²) in [5.74, 6) is -1.92. The molecule has 2 rings (SSSR count). The van der Waals surface area contributed by atoms with E-state index in [1.807, 2.05) is 0 Å². The molecule has 9 heteroatoms. The highest BCUT2D eigenvalue weighted by molar-refractivity contribution is 8.01. The van der Waals surface area contributed by atoms with Crippen molar-refractivity contribution in [2.24, 2.45) is 0 Å². The molecule has 0 saturated carbocycles. The highest BCUT2D eigenvalue weighted by atomic mass is 32.2. The molecule has 0 aromatic heterocycles. The van der Waals surface area contributed by atoms with Gasteiger partial charge in [-0.15, -0.1) is 11.8 Å². The van der Waals surface area contributed by atoms with Gasteiger partial charge in [0, 0.05) is 5.75 Å². The molecular weight excluding hydrogens is 319 g/mol. The first-order chi connectivity index (χ1) is 9.78. The summed E-state index contributed by atoms with van der Waals surface area (Å²) in [5.41, 5.74) is -0.401. The zero-order chi connectivity index (χ0) is 15.8. The number of aliphatic carboxylic acids is 1.